The Morgan fingerprint density at radius 3 is 1.17 bits per heavy atom. The van der Waals surface area contributed by atoms with Crippen molar-refractivity contribution in [1.29, 1.82) is 0 Å². The summed E-state index contributed by atoms with van der Waals surface area (Å²) in [6, 6.07) is 0. The van der Waals surface area contributed by atoms with Gasteiger partial charge in [-0.05, 0) is 136 Å². The van der Waals surface area contributed by atoms with E-state index in [2.05, 4.69) is 10.6 Å². The molecule has 0 aromatic heterocycles. The zero-order valence-corrected chi connectivity index (χ0v) is 38.5. The lowest BCUT2D eigenvalue weighted by molar-refractivity contribution is -0.126. The molecule has 0 saturated heterocycles. The number of halogens is 6. The Balaban J connectivity index is 2.08. The largest absolute Gasteiger partial charge is 0.478 e. The van der Waals surface area contributed by atoms with Crippen molar-refractivity contribution in [2.24, 2.45) is 0 Å². The molecule has 48 heavy (non-hydrogen) atoms. The van der Waals surface area contributed by atoms with Gasteiger partial charge in [-0.1, -0.05) is 0 Å². The Hall–Kier alpha value is -0.440. The molecule has 0 unspecified atom stereocenters. The maximum absolute atomic E-state index is 13.1. The molecule has 0 radical (unpaired) electrons. The van der Waals surface area contributed by atoms with Gasteiger partial charge < -0.3 is 40.1 Å². The molecule has 2 aromatic rings. The van der Waals surface area contributed by atoms with Crippen LogP contribution in [0.1, 0.15) is 45.7 Å². The highest BCUT2D eigenvalue weighted by Gasteiger charge is 2.29. The second kappa shape index (κ2) is 20.0. The molecule has 4 amide bonds. The first-order valence-electron chi connectivity index (χ1n) is 13.4. The van der Waals surface area contributed by atoms with Gasteiger partial charge in [0.15, 0.2) is 0 Å². The van der Waals surface area contributed by atoms with E-state index in [1.165, 1.54) is 37.7 Å². The van der Waals surface area contributed by atoms with Crippen molar-refractivity contribution in [3.63, 3.8) is 0 Å². The third kappa shape index (κ3) is 11.0. The van der Waals surface area contributed by atoms with Crippen LogP contribution >= 0.6 is 136 Å². The fraction of sp³-hybridized carbons (Fsp3) is 0.357. The minimum absolute atomic E-state index is 0.0216. The lowest BCUT2D eigenvalue weighted by Gasteiger charge is -2.25. The number of anilines is 2. The van der Waals surface area contributed by atoms with Gasteiger partial charge in [0, 0.05) is 66.4 Å². The second-order valence-corrected chi connectivity index (χ2v) is 16.2. The lowest BCUT2D eigenvalue weighted by atomic mass is 10.1. The normalized spacial score (nSPS) is 10.8. The number of carbonyl (C=O) groups excluding carboxylic acids is 4. The number of nitrogens with one attached hydrogen (secondary N) is 2. The van der Waals surface area contributed by atoms with Crippen LogP contribution in [-0.4, -0.2) is 86.3 Å². The molecule has 20 heteroatoms. The third-order valence-corrected chi connectivity index (χ3v) is 13.3. The predicted octanol–water partition coefficient (Wildman–Crippen LogP) is 4.64. The number of amides is 4. The number of aromatic carboxylic acids is 2. The van der Waals surface area contributed by atoms with Crippen molar-refractivity contribution < 1.29 is 48.5 Å². The summed E-state index contributed by atoms with van der Waals surface area (Å²) in [5.74, 6) is -3.83. The summed E-state index contributed by atoms with van der Waals surface area (Å²) in [6.07, 6.45) is 0. The van der Waals surface area contributed by atoms with Crippen molar-refractivity contribution in [2.45, 2.75) is 26.9 Å². The van der Waals surface area contributed by atoms with Crippen LogP contribution in [0.3, 0.4) is 0 Å². The fourth-order valence-corrected chi connectivity index (χ4v) is 13.4. The van der Waals surface area contributed by atoms with Gasteiger partial charge in [0.25, 0.3) is 11.8 Å². The third-order valence-electron chi connectivity index (χ3n) is 6.47. The highest BCUT2D eigenvalue weighted by molar-refractivity contribution is 14.1. The summed E-state index contributed by atoms with van der Waals surface area (Å²) >= 11 is 11.7. The van der Waals surface area contributed by atoms with Gasteiger partial charge in [0.1, 0.15) is 13.2 Å². The number of carbonyl (C=O) groups is 6. The molecule has 2 aromatic carbocycles. The maximum Gasteiger partial charge on any atom is 0.337 e. The first-order valence-corrected chi connectivity index (χ1v) is 19.8. The lowest BCUT2D eigenvalue weighted by Crippen LogP contribution is -2.34. The van der Waals surface area contributed by atoms with E-state index >= 15 is 0 Å². The van der Waals surface area contributed by atoms with Gasteiger partial charge in [-0.2, -0.15) is 0 Å². The Labute approximate surface area is 357 Å². The summed E-state index contributed by atoms with van der Waals surface area (Å²) in [4.78, 5) is 75.9. The van der Waals surface area contributed by atoms with E-state index in [4.69, 9.17) is 9.47 Å². The van der Waals surface area contributed by atoms with Gasteiger partial charge >= 0.3 is 11.9 Å². The summed E-state index contributed by atoms with van der Waals surface area (Å²) in [5, 5.41) is 25.1. The summed E-state index contributed by atoms with van der Waals surface area (Å²) in [5.41, 5.74) is 1.93. The van der Waals surface area contributed by atoms with Crippen LogP contribution in [0.2, 0.25) is 0 Å². The SMILES string of the molecule is CC(=O)NCc1c(I)c(C(=O)O)c(I)c(N(C)C(=O)COCCOCC(=O)N(C)c2c(I)c(CNC(C)=O)c(I)c(C(=O)O)c2I)c1I. The highest BCUT2D eigenvalue weighted by atomic mass is 127. The molecule has 0 aliphatic heterocycles. The van der Waals surface area contributed by atoms with Crippen LogP contribution < -0.4 is 20.4 Å². The number of rotatable bonds is 15. The highest BCUT2D eigenvalue weighted by Crippen LogP contribution is 2.39. The molecule has 0 aliphatic rings. The van der Waals surface area contributed by atoms with E-state index in [-0.39, 0.29) is 62.5 Å². The molecule has 0 atom stereocenters. The minimum atomic E-state index is -1.17. The number of nitrogens with zero attached hydrogens (tertiary/aromatic N) is 2. The molecular formula is C28H28I6N4O10. The van der Waals surface area contributed by atoms with Crippen LogP contribution in [0.5, 0.6) is 0 Å². The number of ether oxygens (including phenoxy) is 2. The van der Waals surface area contributed by atoms with E-state index in [1.807, 2.05) is 136 Å². The molecule has 0 spiro atoms. The van der Waals surface area contributed by atoms with E-state index < -0.39 is 23.8 Å². The molecule has 0 aliphatic carbocycles. The van der Waals surface area contributed by atoms with Crippen LogP contribution in [0.25, 0.3) is 0 Å². The zero-order chi connectivity index (χ0) is 36.6. The summed E-state index contributed by atoms with van der Waals surface area (Å²) in [7, 11) is 3.00. The number of likely N-dealkylation sites (N-methyl/N-ethyl adjacent to an activating group) is 2. The zero-order valence-electron chi connectivity index (χ0n) is 25.6. The average molecular weight is 1340 g/mol. The number of carboxylic acids is 2. The van der Waals surface area contributed by atoms with Gasteiger partial charge in [-0.15, -0.1) is 0 Å². The number of hydrogen-bond acceptors (Lipinski definition) is 8. The van der Waals surface area contributed by atoms with Gasteiger partial charge in [0.2, 0.25) is 11.8 Å². The van der Waals surface area contributed by atoms with E-state index in [9.17, 15) is 39.0 Å². The summed E-state index contributed by atoms with van der Waals surface area (Å²) < 4.78 is 13.8. The van der Waals surface area contributed by atoms with Crippen molar-refractivity contribution in [2.75, 3.05) is 50.3 Å². The fourth-order valence-electron chi connectivity index (χ4n) is 3.98. The molecule has 262 valence electrons. The Bertz CT molecular complexity index is 1540. The van der Waals surface area contributed by atoms with Crippen molar-refractivity contribution in [3.8, 4) is 0 Å². The molecule has 4 N–H and O–H groups in total. The molecule has 0 saturated carbocycles. The van der Waals surface area contributed by atoms with Crippen LogP contribution in [0, 0.1) is 21.4 Å². The molecule has 0 bridgehead atoms. The van der Waals surface area contributed by atoms with Gasteiger partial charge in [-0.25, -0.2) is 9.59 Å². The Kier molecular flexibility index (Phi) is 18.2. The smallest absolute Gasteiger partial charge is 0.337 e. The standard InChI is InChI=1S/C28H28I6N4O10/c1-11(39)35-7-13-19(29)17(27(43)44)23(33)25(21(13)31)37(3)15(41)9-47-5-6-48-10-16(42)38(4)26-22(32)14(8-36-12(2)40)20(30)18(24(26)34)28(45)46/h5-10H2,1-4H3,(H,35,39)(H,36,40)(H,43,44)(H,45,46). The maximum atomic E-state index is 13.1. The summed E-state index contributed by atoms with van der Waals surface area (Å²) in [6.45, 7) is 2.09. The van der Waals surface area contributed by atoms with Gasteiger partial charge in [-0.3, -0.25) is 19.2 Å². The average Bonchev–Trinajstić information content (AvgIpc) is 2.97. The van der Waals surface area contributed by atoms with E-state index in [0.29, 0.717) is 43.9 Å². The first kappa shape index (κ1) is 43.7. The molecule has 14 nitrogen and oxygen atoms in total. The number of hydrogen-bond donors (Lipinski definition) is 4. The molecular weight excluding hydrogens is 1310 g/mol. The van der Waals surface area contributed by atoms with Crippen LogP contribution in [-0.2, 0) is 41.7 Å². The predicted molar refractivity (Wildman–Crippen MR) is 227 cm³/mol. The van der Waals surface area contributed by atoms with E-state index in [0.717, 1.165) is 0 Å². The number of benzene rings is 2. The van der Waals surface area contributed by atoms with Crippen LogP contribution in [0.4, 0.5) is 11.4 Å². The van der Waals surface area contributed by atoms with E-state index in [1.54, 1.807) is 0 Å². The Morgan fingerprint density at radius 2 is 0.896 bits per heavy atom. The van der Waals surface area contributed by atoms with Crippen LogP contribution in [0.15, 0.2) is 0 Å². The van der Waals surface area contributed by atoms with Crippen molar-refractivity contribution in [1.82, 2.24) is 10.6 Å². The van der Waals surface area contributed by atoms with Crippen molar-refractivity contribution >= 4 is 182 Å². The Morgan fingerprint density at radius 1 is 0.583 bits per heavy atom. The van der Waals surface area contributed by atoms with Crippen molar-refractivity contribution in [3.05, 3.63) is 43.7 Å². The minimum Gasteiger partial charge on any atom is -0.478 e. The quantitative estimate of drug-likeness (QED) is 0.144. The molecule has 0 fully saturated rings. The molecule has 2 rings (SSSR count). The topological polar surface area (TPSA) is 192 Å². The van der Waals surface area contributed by atoms with Gasteiger partial charge in [0.05, 0.1) is 42.9 Å². The monoisotopic (exact) mass is 1340 g/mol. The second-order valence-electron chi connectivity index (χ2n) is 9.73. The number of carboxylic acid groups (broad SMARTS) is 2. The molecule has 0 heterocycles. The first-order chi connectivity index (χ1) is 22.3.